The molecule has 0 radical (unpaired) electrons. The van der Waals surface area contributed by atoms with E-state index in [4.69, 9.17) is 27.9 Å². The second kappa shape index (κ2) is 8.80. The van der Waals surface area contributed by atoms with E-state index >= 15 is 0 Å². The van der Waals surface area contributed by atoms with Gasteiger partial charge in [0.05, 0.1) is 17.2 Å². The Morgan fingerprint density at radius 3 is 2.34 bits per heavy atom. The van der Waals surface area contributed by atoms with Gasteiger partial charge in [-0.15, -0.1) is 0 Å². The molecule has 3 rings (SSSR count). The molecule has 1 heterocycles. The van der Waals surface area contributed by atoms with Crippen molar-refractivity contribution in [1.29, 1.82) is 0 Å². The summed E-state index contributed by atoms with van der Waals surface area (Å²) in [7, 11) is -4.04. The average molecular weight is 501 g/mol. The van der Waals surface area contributed by atoms with Crippen molar-refractivity contribution in [3.8, 4) is 0 Å². The van der Waals surface area contributed by atoms with E-state index in [0.717, 1.165) is 4.90 Å². The molecule has 0 saturated heterocycles. The summed E-state index contributed by atoms with van der Waals surface area (Å²) in [6.45, 7) is 5.75. The van der Waals surface area contributed by atoms with Gasteiger partial charge >= 0.3 is 12.1 Å². The van der Waals surface area contributed by atoms with Gasteiger partial charge in [-0.05, 0) is 47.4 Å². The van der Waals surface area contributed by atoms with Crippen molar-refractivity contribution in [1.82, 2.24) is 0 Å². The standard InChI is InChI=1S/C21H22Cl2N2O6S/c1-21(2,3)11-31-19(26)17-10-25(20(27)28)18-5-4-14(9-16(17)18)24-32(29,30)15-7-12(22)6-13(23)8-15/h4-9,17,24H,10-11H2,1-3H3,(H,27,28). The number of carbonyl (C=O) groups excluding carboxylic acids is 1. The van der Waals surface area contributed by atoms with Gasteiger partial charge in [0.1, 0.15) is 5.92 Å². The fraction of sp³-hybridized carbons (Fsp3) is 0.333. The predicted octanol–water partition coefficient (Wildman–Crippen LogP) is 4.97. The van der Waals surface area contributed by atoms with Crippen LogP contribution < -0.4 is 9.62 Å². The molecule has 32 heavy (non-hydrogen) atoms. The number of anilines is 2. The van der Waals surface area contributed by atoms with Crippen LogP contribution in [-0.2, 0) is 19.6 Å². The Balaban J connectivity index is 1.93. The zero-order valence-corrected chi connectivity index (χ0v) is 19.9. The Hall–Kier alpha value is -2.49. The van der Waals surface area contributed by atoms with Gasteiger partial charge in [0, 0.05) is 22.3 Å². The maximum absolute atomic E-state index is 12.8. The molecule has 8 nitrogen and oxygen atoms in total. The van der Waals surface area contributed by atoms with E-state index in [-0.39, 0.29) is 39.2 Å². The number of amides is 1. The van der Waals surface area contributed by atoms with Crippen LogP contribution in [0.4, 0.5) is 16.2 Å². The molecule has 0 saturated carbocycles. The van der Waals surface area contributed by atoms with E-state index in [1.807, 2.05) is 20.8 Å². The third kappa shape index (κ3) is 5.46. The molecule has 172 valence electrons. The van der Waals surface area contributed by atoms with Gasteiger partial charge < -0.3 is 9.84 Å². The number of nitrogens with zero attached hydrogens (tertiary/aromatic N) is 1. The minimum atomic E-state index is -4.04. The molecular formula is C21H22Cl2N2O6S. The number of ether oxygens (including phenoxy) is 1. The number of carboxylic acid groups (broad SMARTS) is 1. The lowest BCUT2D eigenvalue weighted by Gasteiger charge is -2.20. The van der Waals surface area contributed by atoms with Crippen molar-refractivity contribution in [3.63, 3.8) is 0 Å². The van der Waals surface area contributed by atoms with Gasteiger partial charge in [0.15, 0.2) is 0 Å². The van der Waals surface area contributed by atoms with Crippen molar-refractivity contribution in [2.75, 3.05) is 22.8 Å². The first-order chi connectivity index (χ1) is 14.8. The maximum Gasteiger partial charge on any atom is 0.411 e. The molecule has 0 spiro atoms. The molecule has 0 aromatic heterocycles. The highest BCUT2D eigenvalue weighted by atomic mass is 35.5. The molecule has 2 N–H and O–H groups in total. The number of benzene rings is 2. The predicted molar refractivity (Wildman–Crippen MR) is 122 cm³/mol. The largest absolute Gasteiger partial charge is 0.465 e. The minimum Gasteiger partial charge on any atom is -0.465 e. The minimum absolute atomic E-state index is 0.117. The van der Waals surface area contributed by atoms with E-state index in [0.29, 0.717) is 11.3 Å². The van der Waals surface area contributed by atoms with Crippen LogP contribution in [0.1, 0.15) is 32.3 Å². The van der Waals surface area contributed by atoms with E-state index in [9.17, 15) is 23.1 Å². The quantitative estimate of drug-likeness (QED) is 0.560. The van der Waals surface area contributed by atoms with Crippen LogP contribution in [0.5, 0.6) is 0 Å². The Morgan fingerprint density at radius 2 is 1.78 bits per heavy atom. The fourth-order valence-electron chi connectivity index (χ4n) is 3.19. The van der Waals surface area contributed by atoms with Gasteiger partial charge in [0.25, 0.3) is 10.0 Å². The Bertz CT molecular complexity index is 1160. The molecule has 2 aromatic carbocycles. The number of rotatable bonds is 5. The molecule has 1 amide bonds. The third-order valence-electron chi connectivity index (χ3n) is 4.62. The van der Waals surface area contributed by atoms with E-state index in [1.165, 1.54) is 36.4 Å². The number of hydrogen-bond donors (Lipinski definition) is 2. The number of nitrogens with one attached hydrogen (secondary N) is 1. The second-order valence-electron chi connectivity index (χ2n) is 8.60. The number of fused-ring (bicyclic) bond motifs is 1. The van der Waals surface area contributed by atoms with E-state index < -0.39 is 28.0 Å². The van der Waals surface area contributed by atoms with Crippen LogP contribution in [0.3, 0.4) is 0 Å². The van der Waals surface area contributed by atoms with Crippen LogP contribution in [0.25, 0.3) is 0 Å². The molecule has 0 bridgehead atoms. The van der Waals surface area contributed by atoms with Crippen molar-refractivity contribution in [2.24, 2.45) is 5.41 Å². The van der Waals surface area contributed by atoms with Crippen LogP contribution in [-0.4, -0.2) is 38.7 Å². The highest BCUT2D eigenvalue weighted by molar-refractivity contribution is 7.92. The highest BCUT2D eigenvalue weighted by Crippen LogP contribution is 2.39. The number of carbonyl (C=O) groups is 2. The first kappa shape index (κ1) is 24.2. The monoisotopic (exact) mass is 500 g/mol. The Morgan fingerprint density at radius 1 is 1.16 bits per heavy atom. The SMILES string of the molecule is CC(C)(C)COC(=O)C1CN(C(=O)O)c2ccc(NS(=O)(=O)c3cc(Cl)cc(Cl)c3)cc21. The number of sulfonamides is 1. The summed E-state index contributed by atoms with van der Waals surface area (Å²) in [4.78, 5) is 25.3. The Labute approximate surface area is 196 Å². The topological polar surface area (TPSA) is 113 Å². The lowest BCUT2D eigenvalue weighted by Crippen LogP contribution is -2.31. The number of hydrogen-bond acceptors (Lipinski definition) is 5. The van der Waals surface area contributed by atoms with Crippen LogP contribution in [0, 0.1) is 5.41 Å². The van der Waals surface area contributed by atoms with Crippen molar-refractivity contribution >= 4 is 56.7 Å². The summed E-state index contributed by atoms with van der Waals surface area (Å²) >= 11 is 11.8. The van der Waals surface area contributed by atoms with Crippen LogP contribution in [0.15, 0.2) is 41.3 Å². The normalized spacial score (nSPS) is 15.9. The van der Waals surface area contributed by atoms with Gasteiger partial charge in [0.2, 0.25) is 0 Å². The molecular weight excluding hydrogens is 479 g/mol. The zero-order chi connectivity index (χ0) is 23.8. The molecule has 0 fully saturated rings. The zero-order valence-electron chi connectivity index (χ0n) is 17.6. The molecule has 1 unspecified atom stereocenters. The van der Waals surface area contributed by atoms with Gasteiger partial charge in [-0.2, -0.15) is 0 Å². The molecule has 2 aromatic rings. The first-order valence-electron chi connectivity index (χ1n) is 9.57. The summed E-state index contributed by atoms with van der Waals surface area (Å²) in [5.41, 5.74) is 0.541. The third-order valence-corrected chi connectivity index (χ3v) is 6.42. The van der Waals surface area contributed by atoms with E-state index in [2.05, 4.69) is 4.72 Å². The van der Waals surface area contributed by atoms with Gasteiger partial charge in [-0.25, -0.2) is 13.2 Å². The molecule has 11 heteroatoms. The summed E-state index contributed by atoms with van der Waals surface area (Å²) in [6.07, 6.45) is -1.22. The summed E-state index contributed by atoms with van der Waals surface area (Å²) in [5.74, 6) is -1.46. The summed E-state index contributed by atoms with van der Waals surface area (Å²) in [6, 6.07) is 8.21. The van der Waals surface area contributed by atoms with E-state index in [1.54, 1.807) is 0 Å². The Kier molecular flexibility index (Phi) is 6.65. The van der Waals surface area contributed by atoms with Crippen LogP contribution >= 0.6 is 23.2 Å². The van der Waals surface area contributed by atoms with Crippen molar-refractivity contribution in [3.05, 3.63) is 52.0 Å². The number of halogens is 2. The lowest BCUT2D eigenvalue weighted by atomic mass is 9.98. The highest BCUT2D eigenvalue weighted by Gasteiger charge is 2.38. The summed E-state index contributed by atoms with van der Waals surface area (Å²) < 4.78 is 33.4. The van der Waals surface area contributed by atoms with Gasteiger partial charge in [-0.3, -0.25) is 14.4 Å². The maximum atomic E-state index is 12.8. The second-order valence-corrected chi connectivity index (χ2v) is 11.2. The lowest BCUT2D eigenvalue weighted by molar-refractivity contribution is -0.147. The average Bonchev–Trinajstić information content (AvgIpc) is 3.03. The molecule has 1 aliphatic rings. The number of esters is 1. The summed E-state index contributed by atoms with van der Waals surface area (Å²) in [5, 5.41) is 9.83. The van der Waals surface area contributed by atoms with Crippen molar-refractivity contribution < 1.29 is 27.9 Å². The molecule has 1 aliphatic heterocycles. The fourth-order valence-corrected chi connectivity index (χ4v) is 4.97. The first-order valence-corrected chi connectivity index (χ1v) is 11.8. The smallest absolute Gasteiger partial charge is 0.411 e. The molecule has 1 atom stereocenters. The molecule has 0 aliphatic carbocycles. The van der Waals surface area contributed by atoms with Crippen molar-refractivity contribution in [2.45, 2.75) is 31.6 Å². The van der Waals surface area contributed by atoms with Gasteiger partial charge in [-0.1, -0.05) is 44.0 Å². The van der Waals surface area contributed by atoms with Crippen LogP contribution in [0.2, 0.25) is 10.0 Å².